The predicted molar refractivity (Wildman–Crippen MR) is 137 cm³/mol. The van der Waals surface area contributed by atoms with Gasteiger partial charge in [0.1, 0.15) is 6.17 Å². The molecule has 1 aliphatic heterocycles. The van der Waals surface area contributed by atoms with Crippen molar-refractivity contribution >= 4 is 0 Å². The lowest BCUT2D eigenvalue weighted by Crippen LogP contribution is -2.38. The lowest BCUT2D eigenvalue weighted by Gasteiger charge is -2.33. The standard InChI is InChI=1S/C29H50N2/c1-3-5-7-9-11-13-15-20-24-30-25-26-31(27-28-21-17-16-18-22-28)29(30)23-19-14-12-10-8-6-4-2/h16-18,21-22,25-26,29H,3-15,19-20,23-24,27H2,1-2H3. The zero-order valence-corrected chi connectivity index (χ0v) is 20.7. The van der Waals surface area contributed by atoms with Gasteiger partial charge in [-0.1, -0.05) is 128 Å². The molecule has 0 radical (unpaired) electrons. The summed E-state index contributed by atoms with van der Waals surface area (Å²) in [7, 11) is 0. The van der Waals surface area contributed by atoms with Crippen LogP contribution in [0.15, 0.2) is 42.7 Å². The summed E-state index contributed by atoms with van der Waals surface area (Å²) >= 11 is 0. The molecule has 0 aromatic heterocycles. The minimum atomic E-state index is 0.556. The van der Waals surface area contributed by atoms with Crippen LogP contribution in [0.5, 0.6) is 0 Å². The Morgan fingerprint density at radius 3 is 1.71 bits per heavy atom. The predicted octanol–water partition coefficient (Wildman–Crippen LogP) is 8.88. The summed E-state index contributed by atoms with van der Waals surface area (Å²) in [5.74, 6) is 0. The number of unbranched alkanes of at least 4 members (excludes halogenated alkanes) is 13. The third-order valence-electron chi connectivity index (χ3n) is 6.76. The number of rotatable bonds is 19. The molecule has 1 heterocycles. The second kappa shape index (κ2) is 17.2. The highest BCUT2D eigenvalue weighted by molar-refractivity contribution is 5.15. The molecule has 0 fully saturated rings. The van der Waals surface area contributed by atoms with E-state index in [9.17, 15) is 0 Å². The van der Waals surface area contributed by atoms with Crippen molar-refractivity contribution < 1.29 is 0 Å². The third kappa shape index (κ3) is 11.1. The summed E-state index contributed by atoms with van der Waals surface area (Å²) < 4.78 is 0. The van der Waals surface area contributed by atoms with Gasteiger partial charge in [-0.3, -0.25) is 0 Å². The number of nitrogens with zero attached hydrogens (tertiary/aromatic N) is 2. The molecule has 0 N–H and O–H groups in total. The smallest absolute Gasteiger partial charge is 0.101 e. The fourth-order valence-electron chi connectivity index (χ4n) is 4.78. The molecule has 1 atom stereocenters. The van der Waals surface area contributed by atoms with Crippen LogP contribution in [0.1, 0.15) is 122 Å². The molecular weight excluding hydrogens is 376 g/mol. The molecule has 1 aliphatic rings. The highest BCUT2D eigenvalue weighted by Gasteiger charge is 2.25. The Morgan fingerprint density at radius 2 is 1.10 bits per heavy atom. The van der Waals surface area contributed by atoms with Crippen molar-refractivity contribution in [2.45, 2.75) is 129 Å². The number of hydrogen-bond acceptors (Lipinski definition) is 2. The maximum atomic E-state index is 2.64. The van der Waals surface area contributed by atoms with Gasteiger partial charge in [-0.25, -0.2) is 0 Å². The number of benzene rings is 1. The Bertz CT molecular complexity index is 553. The minimum absolute atomic E-state index is 0.556. The van der Waals surface area contributed by atoms with Gasteiger partial charge in [0.15, 0.2) is 0 Å². The van der Waals surface area contributed by atoms with E-state index in [1.165, 1.54) is 115 Å². The maximum absolute atomic E-state index is 2.64. The molecule has 1 unspecified atom stereocenters. The van der Waals surface area contributed by atoms with E-state index >= 15 is 0 Å². The largest absolute Gasteiger partial charge is 0.356 e. The van der Waals surface area contributed by atoms with Gasteiger partial charge >= 0.3 is 0 Å². The van der Waals surface area contributed by atoms with Crippen molar-refractivity contribution in [2.24, 2.45) is 0 Å². The van der Waals surface area contributed by atoms with Crippen LogP contribution in [-0.4, -0.2) is 22.5 Å². The normalized spacial score (nSPS) is 15.9. The van der Waals surface area contributed by atoms with Crippen molar-refractivity contribution in [3.63, 3.8) is 0 Å². The summed E-state index contributed by atoms with van der Waals surface area (Å²) in [6, 6.07) is 11.0. The molecule has 2 rings (SSSR count). The van der Waals surface area contributed by atoms with E-state index in [2.05, 4.69) is 66.4 Å². The molecule has 0 spiro atoms. The van der Waals surface area contributed by atoms with Crippen LogP contribution in [-0.2, 0) is 6.54 Å². The average molecular weight is 427 g/mol. The van der Waals surface area contributed by atoms with Crippen molar-refractivity contribution in [3.8, 4) is 0 Å². The Labute approximate surface area is 194 Å². The highest BCUT2D eigenvalue weighted by atomic mass is 15.4. The first kappa shape index (κ1) is 25.8. The molecule has 0 amide bonds. The Hall–Kier alpha value is -1.44. The summed E-state index contributed by atoms with van der Waals surface area (Å²) in [6.45, 7) is 6.85. The molecule has 2 heteroatoms. The molecule has 31 heavy (non-hydrogen) atoms. The van der Waals surface area contributed by atoms with E-state index in [1.54, 1.807) is 0 Å². The number of hydrogen-bond donors (Lipinski definition) is 0. The van der Waals surface area contributed by atoms with Crippen molar-refractivity contribution in [1.82, 2.24) is 9.80 Å². The van der Waals surface area contributed by atoms with Gasteiger partial charge in [0.25, 0.3) is 0 Å². The molecule has 2 nitrogen and oxygen atoms in total. The van der Waals surface area contributed by atoms with Gasteiger partial charge in [-0.2, -0.15) is 0 Å². The molecule has 176 valence electrons. The van der Waals surface area contributed by atoms with Crippen LogP contribution >= 0.6 is 0 Å². The minimum Gasteiger partial charge on any atom is -0.356 e. The van der Waals surface area contributed by atoms with Crippen molar-refractivity contribution in [2.75, 3.05) is 6.54 Å². The summed E-state index contributed by atoms with van der Waals surface area (Å²) in [5.41, 5.74) is 1.42. The van der Waals surface area contributed by atoms with Gasteiger partial charge in [-0.15, -0.1) is 0 Å². The molecule has 1 aromatic carbocycles. The fraction of sp³-hybridized carbons (Fsp3) is 0.724. The fourth-order valence-corrected chi connectivity index (χ4v) is 4.78. The third-order valence-corrected chi connectivity index (χ3v) is 6.76. The molecule has 1 aromatic rings. The van der Waals surface area contributed by atoms with Crippen LogP contribution in [0.2, 0.25) is 0 Å². The first-order valence-electron chi connectivity index (χ1n) is 13.6. The van der Waals surface area contributed by atoms with Crippen LogP contribution < -0.4 is 0 Å². The summed E-state index contributed by atoms with van der Waals surface area (Å²) in [6.07, 6.45) is 27.5. The van der Waals surface area contributed by atoms with Gasteiger partial charge < -0.3 is 9.80 Å². The van der Waals surface area contributed by atoms with Gasteiger partial charge in [0.05, 0.1) is 0 Å². The second-order valence-electron chi connectivity index (χ2n) is 9.56. The maximum Gasteiger partial charge on any atom is 0.101 e. The van der Waals surface area contributed by atoms with Crippen LogP contribution in [0.3, 0.4) is 0 Å². The van der Waals surface area contributed by atoms with E-state index in [0.717, 1.165) is 6.54 Å². The average Bonchev–Trinajstić information content (AvgIpc) is 3.17. The second-order valence-corrected chi connectivity index (χ2v) is 9.56. The van der Waals surface area contributed by atoms with Crippen molar-refractivity contribution in [1.29, 1.82) is 0 Å². The van der Waals surface area contributed by atoms with Crippen LogP contribution in [0.4, 0.5) is 0 Å². The first-order valence-corrected chi connectivity index (χ1v) is 13.6. The Kier molecular flexibility index (Phi) is 14.3. The SMILES string of the molecule is CCCCCCCCCCN1C=CN(Cc2ccccc2)C1CCCCCCCCC. The van der Waals surface area contributed by atoms with E-state index in [0.29, 0.717) is 6.17 Å². The molecule has 0 saturated carbocycles. The summed E-state index contributed by atoms with van der Waals surface area (Å²) in [4.78, 5) is 5.22. The monoisotopic (exact) mass is 426 g/mol. The van der Waals surface area contributed by atoms with E-state index < -0.39 is 0 Å². The molecule has 0 bridgehead atoms. The van der Waals surface area contributed by atoms with Crippen LogP contribution in [0, 0.1) is 0 Å². The zero-order valence-electron chi connectivity index (χ0n) is 20.7. The lowest BCUT2D eigenvalue weighted by molar-refractivity contribution is 0.132. The van der Waals surface area contributed by atoms with E-state index in [-0.39, 0.29) is 0 Å². The van der Waals surface area contributed by atoms with Gasteiger partial charge in [0, 0.05) is 25.5 Å². The van der Waals surface area contributed by atoms with E-state index in [4.69, 9.17) is 0 Å². The Morgan fingerprint density at radius 1 is 0.581 bits per heavy atom. The zero-order chi connectivity index (χ0) is 22.0. The molecule has 0 saturated heterocycles. The molecule has 0 aliphatic carbocycles. The topological polar surface area (TPSA) is 6.48 Å². The Balaban J connectivity index is 1.72. The van der Waals surface area contributed by atoms with Gasteiger partial charge in [0.2, 0.25) is 0 Å². The highest BCUT2D eigenvalue weighted by Crippen LogP contribution is 2.25. The van der Waals surface area contributed by atoms with Crippen molar-refractivity contribution in [3.05, 3.63) is 48.3 Å². The molecular formula is C29H50N2. The quantitative estimate of drug-likeness (QED) is 0.204. The van der Waals surface area contributed by atoms with E-state index in [1.807, 2.05) is 0 Å². The lowest BCUT2D eigenvalue weighted by atomic mass is 10.1. The summed E-state index contributed by atoms with van der Waals surface area (Å²) in [5, 5.41) is 0. The van der Waals surface area contributed by atoms with Gasteiger partial charge in [-0.05, 0) is 24.8 Å². The van der Waals surface area contributed by atoms with Crippen LogP contribution in [0.25, 0.3) is 0 Å². The first-order chi connectivity index (χ1) is 15.3.